The summed E-state index contributed by atoms with van der Waals surface area (Å²) in [5.41, 5.74) is 6.92. The monoisotopic (exact) mass is 236 g/mol. The summed E-state index contributed by atoms with van der Waals surface area (Å²) in [5.74, 6) is 0. The van der Waals surface area contributed by atoms with Crippen molar-refractivity contribution in [3.05, 3.63) is 12.7 Å². The molecule has 17 heavy (non-hydrogen) atoms. The van der Waals surface area contributed by atoms with E-state index >= 15 is 0 Å². The molecule has 2 aliphatic rings. The molecule has 0 aromatic rings. The lowest BCUT2D eigenvalue weighted by Crippen LogP contribution is -2.57. The van der Waals surface area contributed by atoms with Crippen LogP contribution in [0.15, 0.2) is 12.7 Å². The van der Waals surface area contributed by atoms with E-state index in [9.17, 15) is 0 Å². The van der Waals surface area contributed by atoms with Crippen molar-refractivity contribution in [3.8, 4) is 0 Å². The van der Waals surface area contributed by atoms with Crippen LogP contribution in [0, 0.1) is 0 Å². The predicted octanol–water partition coefficient (Wildman–Crippen LogP) is 3.08. The summed E-state index contributed by atoms with van der Waals surface area (Å²) >= 11 is 0. The van der Waals surface area contributed by atoms with Crippen molar-refractivity contribution in [1.29, 1.82) is 0 Å². The molecule has 0 spiro atoms. The Morgan fingerprint density at radius 1 is 1.18 bits per heavy atom. The van der Waals surface area contributed by atoms with E-state index in [0.29, 0.717) is 11.6 Å². The van der Waals surface area contributed by atoms with Crippen molar-refractivity contribution in [1.82, 2.24) is 4.90 Å². The highest BCUT2D eigenvalue weighted by atomic mass is 15.2. The van der Waals surface area contributed by atoms with E-state index in [1.807, 2.05) is 6.08 Å². The highest BCUT2D eigenvalue weighted by molar-refractivity contribution is 5.03. The summed E-state index contributed by atoms with van der Waals surface area (Å²) in [6.07, 6.45) is 13.7. The van der Waals surface area contributed by atoms with Crippen molar-refractivity contribution < 1.29 is 0 Å². The summed E-state index contributed by atoms with van der Waals surface area (Å²) in [5, 5.41) is 0. The molecule has 2 rings (SSSR count). The van der Waals surface area contributed by atoms with Gasteiger partial charge in [-0.3, -0.25) is 4.90 Å². The van der Waals surface area contributed by atoms with Gasteiger partial charge in [0.2, 0.25) is 0 Å². The maximum Gasteiger partial charge on any atom is 0.0360 e. The van der Waals surface area contributed by atoms with Crippen LogP contribution in [0.4, 0.5) is 0 Å². The fraction of sp³-hybridized carbons (Fsp3) is 0.867. The van der Waals surface area contributed by atoms with E-state index in [0.717, 1.165) is 6.42 Å². The van der Waals surface area contributed by atoms with E-state index in [1.54, 1.807) is 0 Å². The van der Waals surface area contributed by atoms with Crippen LogP contribution in [-0.2, 0) is 0 Å². The van der Waals surface area contributed by atoms with Gasteiger partial charge in [0.1, 0.15) is 0 Å². The number of allylic oxidation sites excluding steroid dienone is 1. The van der Waals surface area contributed by atoms with Gasteiger partial charge in [-0.05, 0) is 58.0 Å². The van der Waals surface area contributed by atoms with Gasteiger partial charge in [0.05, 0.1) is 0 Å². The van der Waals surface area contributed by atoms with E-state index in [2.05, 4.69) is 11.5 Å². The van der Waals surface area contributed by atoms with Gasteiger partial charge < -0.3 is 5.73 Å². The molecule has 1 saturated heterocycles. The number of likely N-dealkylation sites (tertiary alicyclic amines) is 1. The minimum Gasteiger partial charge on any atom is -0.326 e. The highest BCUT2D eigenvalue weighted by Gasteiger charge is 2.44. The third-order valence-electron chi connectivity index (χ3n) is 4.82. The van der Waals surface area contributed by atoms with Gasteiger partial charge >= 0.3 is 0 Å². The summed E-state index contributed by atoms with van der Waals surface area (Å²) in [7, 11) is 0. The zero-order valence-corrected chi connectivity index (χ0v) is 11.2. The molecule has 0 aromatic heterocycles. The number of unbranched alkanes of at least 4 members (excludes halogenated alkanes) is 1. The maximum atomic E-state index is 6.56. The number of hydrogen-bond donors (Lipinski definition) is 1. The molecule has 0 bridgehead atoms. The first-order valence-electron chi connectivity index (χ1n) is 7.41. The normalized spacial score (nSPS) is 26.2. The van der Waals surface area contributed by atoms with Crippen LogP contribution >= 0.6 is 0 Å². The Bertz CT molecular complexity index is 237. The topological polar surface area (TPSA) is 29.3 Å². The Morgan fingerprint density at radius 2 is 1.82 bits per heavy atom. The Morgan fingerprint density at radius 3 is 2.41 bits per heavy atom. The molecular weight excluding hydrogens is 208 g/mol. The van der Waals surface area contributed by atoms with Crippen molar-refractivity contribution in [3.63, 3.8) is 0 Å². The zero-order valence-electron chi connectivity index (χ0n) is 11.2. The molecule has 0 radical (unpaired) electrons. The molecule has 1 unspecified atom stereocenters. The van der Waals surface area contributed by atoms with Crippen molar-refractivity contribution in [2.45, 2.75) is 69.4 Å². The van der Waals surface area contributed by atoms with E-state index in [-0.39, 0.29) is 0 Å². The molecule has 1 atom stereocenters. The van der Waals surface area contributed by atoms with Gasteiger partial charge in [0, 0.05) is 11.6 Å². The van der Waals surface area contributed by atoms with Gasteiger partial charge in [-0.2, -0.15) is 0 Å². The largest absolute Gasteiger partial charge is 0.326 e. The van der Waals surface area contributed by atoms with Gasteiger partial charge in [0.15, 0.2) is 0 Å². The van der Waals surface area contributed by atoms with Crippen molar-refractivity contribution in [2.24, 2.45) is 5.73 Å². The first-order valence-corrected chi connectivity index (χ1v) is 7.41. The molecule has 1 saturated carbocycles. The smallest absolute Gasteiger partial charge is 0.0360 e. The lowest BCUT2D eigenvalue weighted by molar-refractivity contribution is 0.0881. The second-order valence-corrected chi connectivity index (χ2v) is 5.83. The van der Waals surface area contributed by atoms with Crippen LogP contribution < -0.4 is 5.73 Å². The van der Waals surface area contributed by atoms with Crippen LogP contribution in [0.1, 0.15) is 57.8 Å². The fourth-order valence-electron chi connectivity index (χ4n) is 3.82. The third-order valence-corrected chi connectivity index (χ3v) is 4.82. The molecule has 1 heterocycles. The van der Waals surface area contributed by atoms with Gasteiger partial charge in [-0.15, -0.1) is 6.58 Å². The first-order chi connectivity index (χ1) is 8.29. The van der Waals surface area contributed by atoms with Crippen LogP contribution in [-0.4, -0.2) is 29.6 Å². The predicted molar refractivity (Wildman–Crippen MR) is 74.0 cm³/mol. The van der Waals surface area contributed by atoms with Crippen LogP contribution in [0.3, 0.4) is 0 Å². The molecule has 2 heteroatoms. The molecule has 2 N–H and O–H groups in total. The fourth-order valence-corrected chi connectivity index (χ4v) is 3.82. The summed E-state index contributed by atoms with van der Waals surface area (Å²) in [4.78, 5) is 2.72. The lowest BCUT2D eigenvalue weighted by Gasteiger charge is -2.43. The van der Waals surface area contributed by atoms with Gasteiger partial charge in [-0.1, -0.05) is 18.9 Å². The molecule has 1 aliphatic heterocycles. The number of hydrogen-bond acceptors (Lipinski definition) is 2. The van der Waals surface area contributed by atoms with Crippen molar-refractivity contribution >= 4 is 0 Å². The lowest BCUT2D eigenvalue weighted by atomic mass is 9.84. The number of nitrogens with zero attached hydrogens (tertiary/aromatic N) is 1. The van der Waals surface area contributed by atoms with Crippen LogP contribution in [0.5, 0.6) is 0 Å². The second kappa shape index (κ2) is 6.01. The Kier molecular flexibility index (Phi) is 4.63. The molecule has 2 fully saturated rings. The number of rotatable bonds is 6. The number of nitrogens with two attached hydrogens (primary N) is 1. The van der Waals surface area contributed by atoms with Crippen molar-refractivity contribution in [2.75, 3.05) is 13.1 Å². The minimum atomic E-state index is 0.359. The first kappa shape index (κ1) is 13.1. The quantitative estimate of drug-likeness (QED) is 0.567. The summed E-state index contributed by atoms with van der Waals surface area (Å²) in [6.45, 7) is 6.37. The van der Waals surface area contributed by atoms with Gasteiger partial charge in [0.25, 0.3) is 0 Å². The van der Waals surface area contributed by atoms with E-state index in [4.69, 9.17) is 5.73 Å². The summed E-state index contributed by atoms with van der Waals surface area (Å²) in [6, 6.07) is 0.378. The molecular formula is C15H28N2. The Hall–Kier alpha value is -0.340. The second-order valence-electron chi connectivity index (χ2n) is 5.83. The summed E-state index contributed by atoms with van der Waals surface area (Å²) < 4.78 is 0. The third kappa shape index (κ3) is 2.74. The van der Waals surface area contributed by atoms with Gasteiger partial charge in [-0.25, -0.2) is 0 Å². The molecule has 0 aromatic carbocycles. The van der Waals surface area contributed by atoms with Crippen LogP contribution in [0.2, 0.25) is 0 Å². The Balaban J connectivity index is 1.97. The molecule has 98 valence electrons. The highest BCUT2D eigenvalue weighted by Crippen LogP contribution is 2.40. The molecule has 0 amide bonds. The van der Waals surface area contributed by atoms with E-state index < -0.39 is 0 Å². The van der Waals surface area contributed by atoms with E-state index in [1.165, 1.54) is 64.5 Å². The average molecular weight is 236 g/mol. The average Bonchev–Trinajstić information content (AvgIpc) is 3.00. The maximum absolute atomic E-state index is 6.56. The van der Waals surface area contributed by atoms with Crippen LogP contribution in [0.25, 0.3) is 0 Å². The zero-order chi connectivity index (χ0) is 12.1. The molecule has 1 aliphatic carbocycles. The standard InChI is InChI=1S/C15H28N2/c1-2-3-4-9-14(16)15(10-5-6-11-15)17-12-7-8-13-17/h2,14H,1,3-13,16H2. The molecule has 2 nitrogen and oxygen atoms in total. The Labute approximate surface area is 106 Å². The SMILES string of the molecule is C=CCCCC(N)C1(N2CCCC2)CCCC1. The minimum absolute atomic E-state index is 0.359.